The molecule has 1 N–H and O–H groups in total. The molecule has 6 nitrogen and oxygen atoms in total. The van der Waals surface area contributed by atoms with E-state index in [4.69, 9.17) is 4.74 Å². The topological polar surface area (TPSA) is 77.2 Å². The van der Waals surface area contributed by atoms with E-state index in [-0.39, 0.29) is 35.7 Å². The highest BCUT2D eigenvalue weighted by Gasteiger charge is 2.43. The standard InChI is InChI=1S/C33H27F4N3O3/c1-19-2-3-23(25(36)12-19)16-43-31-24(35)7-9-27(39-31)21-5-4-20(26(37)13-21)15-30-38-28-8-6-22(32(41)42)14-29(28)40(30)18-33(17-34)10-11-33/h2-9,12-14H,10-11,15-18H2,1H3,(H,41,42). The Morgan fingerprint density at radius 3 is 2.40 bits per heavy atom. The Labute approximate surface area is 244 Å². The summed E-state index contributed by atoms with van der Waals surface area (Å²) in [4.78, 5) is 20.4. The second-order valence-electron chi connectivity index (χ2n) is 11.1. The maximum Gasteiger partial charge on any atom is 0.335 e. The van der Waals surface area contributed by atoms with E-state index in [0.29, 0.717) is 47.4 Å². The fourth-order valence-electron chi connectivity index (χ4n) is 5.08. The van der Waals surface area contributed by atoms with Crippen molar-refractivity contribution in [3.8, 4) is 17.1 Å². The number of hydrogen-bond acceptors (Lipinski definition) is 4. The van der Waals surface area contributed by atoms with Crippen LogP contribution in [0.25, 0.3) is 22.3 Å². The van der Waals surface area contributed by atoms with Crippen molar-refractivity contribution in [3.63, 3.8) is 0 Å². The van der Waals surface area contributed by atoms with Crippen LogP contribution in [0.15, 0.2) is 66.7 Å². The van der Waals surface area contributed by atoms with Crippen LogP contribution in [0.3, 0.4) is 0 Å². The van der Waals surface area contributed by atoms with Crippen molar-refractivity contribution in [3.05, 3.63) is 112 Å². The number of fused-ring (bicyclic) bond motifs is 1. The van der Waals surface area contributed by atoms with Gasteiger partial charge < -0.3 is 14.4 Å². The van der Waals surface area contributed by atoms with Gasteiger partial charge in [-0.2, -0.15) is 0 Å². The second kappa shape index (κ2) is 11.2. The first-order chi connectivity index (χ1) is 20.6. The van der Waals surface area contributed by atoms with E-state index in [1.54, 1.807) is 41.8 Å². The summed E-state index contributed by atoms with van der Waals surface area (Å²) in [7, 11) is 0. The van der Waals surface area contributed by atoms with Gasteiger partial charge in [-0.25, -0.2) is 27.9 Å². The van der Waals surface area contributed by atoms with Crippen molar-refractivity contribution in [1.29, 1.82) is 0 Å². The van der Waals surface area contributed by atoms with Crippen molar-refractivity contribution < 1.29 is 32.2 Å². The molecule has 1 aliphatic rings. The average molecular weight is 590 g/mol. The van der Waals surface area contributed by atoms with Gasteiger partial charge in [-0.3, -0.25) is 4.39 Å². The molecule has 0 radical (unpaired) electrons. The van der Waals surface area contributed by atoms with E-state index in [1.807, 2.05) is 0 Å². The number of rotatable bonds is 10. The molecule has 0 unspecified atom stereocenters. The Morgan fingerprint density at radius 1 is 0.930 bits per heavy atom. The number of alkyl halides is 1. The molecule has 0 aliphatic heterocycles. The van der Waals surface area contributed by atoms with Gasteiger partial charge in [0.25, 0.3) is 5.88 Å². The van der Waals surface area contributed by atoms with Crippen LogP contribution in [-0.2, 0) is 19.6 Å². The molecule has 1 aliphatic carbocycles. The normalized spacial score (nSPS) is 13.8. The third-order valence-corrected chi connectivity index (χ3v) is 7.89. The lowest BCUT2D eigenvalue weighted by atomic mass is 10.0. The van der Waals surface area contributed by atoms with Crippen molar-refractivity contribution in [2.75, 3.05) is 6.67 Å². The van der Waals surface area contributed by atoms with Gasteiger partial charge in [0, 0.05) is 29.5 Å². The Balaban J connectivity index is 1.27. The highest BCUT2D eigenvalue weighted by molar-refractivity contribution is 5.92. The Hall–Kier alpha value is -4.73. The molecule has 2 heterocycles. The van der Waals surface area contributed by atoms with Gasteiger partial charge in [0.15, 0.2) is 5.82 Å². The molecule has 0 bridgehead atoms. The monoisotopic (exact) mass is 589 g/mol. The lowest BCUT2D eigenvalue weighted by Crippen LogP contribution is -2.16. The Bertz CT molecular complexity index is 1870. The van der Waals surface area contributed by atoms with Crippen molar-refractivity contribution in [2.45, 2.75) is 39.3 Å². The molecule has 220 valence electrons. The summed E-state index contributed by atoms with van der Waals surface area (Å²) in [5.41, 5.74) is 2.60. The van der Waals surface area contributed by atoms with Crippen molar-refractivity contribution >= 4 is 17.0 Å². The zero-order valence-corrected chi connectivity index (χ0v) is 23.2. The molecule has 0 atom stereocenters. The largest absolute Gasteiger partial charge is 0.478 e. The number of carboxylic acids is 1. The molecule has 5 aromatic rings. The minimum absolute atomic E-state index is 0.0822. The zero-order chi connectivity index (χ0) is 30.3. The van der Waals surface area contributed by atoms with E-state index in [9.17, 15) is 23.1 Å². The highest BCUT2D eigenvalue weighted by Crippen LogP contribution is 2.48. The van der Waals surface area contributed by atoms with Crippen molar-refractivity contribution in [1.82, 2.24) is 14.5 Å². The van der Waals surface area contributed by atoms with Gasteiger partial charge >= 0.3 is 5.97 Å². The van der Waals surface area contributed by atoms with Crippen LogP contribution >= 0.6 is 0 Å². The SMILES string of the molecule is Cc1ccc(COc2nc(-c3ccc(Cc4nc5ccc(C(=O)O)cc5n4CC4(CF)CC4)c(F)c3)ccc2F)c(F)c1. The highest BCUT2D eigenvalue weighted by atomic mass is 19.1. The number of benzene rings is 3. The number of aryl methyl sites for hydroxylation is 1. The molecule has 10 heteroatoms. The number of nitrogens with zero attached hydrogens (tertiary/aromatic N) is 3. The van der Waals surface area contributed by atoms with Crippen LogP contribution in [-0.4, -0.2) is 32.3 Å². The lowest BCUT2D eigenvalue weighted by Gasteiger charge is -2.16. The number of aromatic carboxylic acids is 1. The third kappa shape index (κ3) is 5.82. The lowest BCUT2D eigenvalue weighted by molar-refractivity contribution is 0.0697. The van der Waals surface area contributed by atoms with Gasteiger partial charge in [-0.05, 0) is 73.4 Å². The van der Waals surface area contributed by atoms with Gasteiger partial charge in [0.2, 0.25) is 0 Å². The number of imidazole rings is 1. The van der Waals surface area contributed by atoms with Crippen molar-refractivity contribution in [2.24, 2.45) is 5.41 Å². The van der Waals surface area contributed by atoms with Crippen LogP contribution in [0.5, 0.6) is 5.88 Å². The summed E-state index contributed by atoms with van der Waals surface area (Å²) in [6.45, 7) is 1.33. The first-order valence-corrected chi connectivity index (χ1v) is 13.8. The van der Waals surface area contributed by atoms with Gasteiger partial charge in [-0.1, -0.05) is 24.3 Å². The average Bonchev–Trinajstić information content (AvgIpc) is 3.69. The fraction of sp³-hybridized carbons (Fsp3) is 0.242. The number of hydrogen-bond donors (Lipinski definition) is 1. The number of pyridine rings is 1. The van der Waals surface area contributed by atoms with Crippen LogP contribution in [0.1, 0.15) is 45.7 Å². The molecular formula is C33H27F4N3O3. The number of aromatic nitrogens is 3. The number of carboxylic acid groups (broad SMARTS) is 1. The van der Waals surface area contributed by atoms with Gasteiger partial charge in [0.1, 0.15) is 24.1 Å². The predicted molar refractivity (Wildman–Crippen MR) is 152 cm³/mol. The maximum atomic E-state index is 15.5. The molecule has 0 saturated heterocycles. The van der Waals surface area contributed by atoms with E-state index in [0.717, 1.165) is 11.6 Å². The fourth-order valence-corrected chi connectivity index (χ4v) is 5.08. The maximum absolute atomic E-state index is 15.5. The van der Waals surface area contributed by atoms with E-state index in [1.165, 1.54) is 30.3 Å². The molecule has 6 rings (SSSR count). The Kier molecular flexibility index (Phi) is 7.37. The molecule has 2 aromatic heterocycles. The van der Waals surface area contributed by atoms with Gasteiger partial charge in [-0.15, -0.1) is 0 Å². The summed E-state index contributed by atoms with van der Waals surface area (Å²) in [6, 6.07) is 16.2. The molecule has 43 heavy (non-hydrogen) atoms. The third-order valence-electron chi connectivity index (χ3n) is 7.89. The van der Waals surface area contributed by atoms with Crippen LogP contribution in [0.4, 0.5) is 17.6 Å². The van der Waals surface area contributed by atoms with E-state index >= 15 is 4.39 Å². The summed E-state index contributed by atoms with van der Waals surface area (Å²) >= 11 is 0. The summed E-state index contributed by atoms with van der Waals surface area (Å²) < 4.78 is 65.2. The molecule has 1 saturated carbocycles. The predicted octanol–water partition coefficient (Wildman–Crippen LogP) is 7.44. The first-order valence-electron chi connectivity index (χ1n) is 13.8. The zero-order valence-electron chi connectivity index (χ0n) is 23.2. The summed E-state index contributed by atoms with van der Waals surface area (Å²) in [5, 5.41) is 9.47. The summed E-state index contributed by atoms with van der Waals surface area (Å²) in [5.74, 6) is -2.69. The number of halogens is 4. The number of carbonyl (C=O) groups is 1. The second-order valence-corrected chi connectivity index (χ2v) is 11.1. The molecule has 0 amide bonds. The minimum Gasteiger partial charge on any atom is -0.478 e. The quantitative estimate of drug-likeness (QED) is 0.171. The van der Waals surface area contributed by atoms with Crippen LogP contribution < -0.4 is 4.74 Å². The summed E-state index contributed by atoms with van der Waals surface area (Å²) in [6.07, 6.45) is 1.50. The molecular weight excluding hydrogens is 562 g/mol. The Morgan fingerprint density at radius 2 is 1.70 bits per heavy atom. The molecule has 0 spiro atoms. The minimum atomic E-state index is -1.09. The smallest absolute Gasteiger partial charge is 0.335 e. The first kappa shape index (κ1) is 28.4. The number of ether oxygens (including phenoxy) is 1. The van der Waals surface area contributed by atoms with Gasteiger partial charge in [0.05, 0.1) is 29.0 Å². The molecule has 1 fully saturated rings. The van der Waals surface area contributed by atoms with E-state index < -0.39 is 35.5 Å². The van der Waals surface area contributed by atoms with Crippen LogP contribution in [0, 0.1) is 29.8 Å². The molecule has 3 aromatic carbocycles. The van der Waals surface area contributed by atoms with Crippen LogP contribution in [0.2, 0.25) is 0 Å². The van der Waals surface area contributed by atoms with E-state index in [2.05, 4.69) is 9.97 Å².